The normalized spacial score (nSPS) is 45.2. The van der Waals surface area contributed by atoms with Crippen molar-refractivity contribution in [1.29, 1.82) is 0 Å². The van der Waals surface area contributed by atoms with Gasteiger partial charge in [0.1, 0.15) is 48.3 Å². The van der Waals surface area contributed by atoms with Crippen molar-refractivity contribution >= 4 is 18.0 Å². The first kappa shape index (κ1) is 56.3. The number of methoxy groups -OCH3 is 3. The number of aromatic nitrogens is 1. The summed E-state index contributed by atoms with van der Waals surface area (Å²) in [4.78, 5) is 31.4. The summed E-state index contributed by atoms with van der Waals surface area (Å²) in [6.45, 7) is 11.3. The van der Waals surface area contributed by atoms with Crippen LogP contribution >= 0.6 is 0 Å². The van der Waals surface area contributed by atoms with E-state index in [2.05, 4.69) is 11.9 Å². The van der Waals surface area contributed by atoms with E-state index in [1.165, 1.54) is 19.4 Å². The molecule has 1 aromatic carbocycles. The second-order valence-corrected chi connectivity index (χ2v) is 22.9. The van der Waals surface area contributed by atoms with Gasteiger partial charge < -0.3 is 72.5 Å². The molecule has 3 aliphatic heterocycles. The summed E-state index contributed by atoms with van der Waals surface area (Å²) < 4.78 is 68.3. The molecule has 18 heteroatoms. The summed E-state index contributed by atoms with van der Waals surface area (Å²) in [5.41, 5.74) is -3.79. The summed E-state index contributed by atoms with van der Waals surface area (Å²) in [5.74, 6) is -1.27. The monoisotopic (exact) mass is 1050 g/mol. The molecule has 3 saturated heterocycles. The smallest absolute Gasteiger partial charge is 0.340 e. The maximum absolute atomic E-state index is 13.9. The topological polar surface area (TPSA) is 229 Å². The molecule has 0 amide bonds. The van der Waals surface area contributed by atoms with Crippen molar-refractivity contribution < 1.29 is 82.1 Å². The van der Waals surface area contributed by atoms with Gasteiger partial charge in [-0.15, -0.1) is 0 Å². The Bertz CT molecular complexity index is 2280. The Labute approximate surface area is 441 Å². The van der Waals surface area contributed by atoms with E-state index >= 15 is 0 Å². The number of esters is 2. The number of ether oxygens (including phenoxy) is 11. The molecule has 7 aliphatic rings. The molecule has 4 aliphatic carbocycles. The van der Waals surface area contributed by atoms with Crippen LogP contribution in [0.5, 0.6) is 0 Å². The molecule has 75 heavy (non-hydrogen) atoms. The molecule has 2 aromatic rings. The molecular weight excluding hydrogens is 971 g/mol. The third-order valence-corrected chi connectivity index (χ3v) is 19.2. The molecule has 416 valence electrons. The van der Waals surface area contributed by atoms with Crippen LogP contribution in [0.25, 0.3) is 6.08 Å². The molecule has 18 nitrogen and oxygen atoms in total. The highest BCUT2D eigenvalue weighted by atomic mass is 16.8. The van der Waals surface area contributed by atoms with E-state index in [0.717, 1.165) is 31.2 Å². The van der Waals surface area contributed by atoms with Gasteiger partial charge in [0.15, 0.2) is 18.9 Å². The first-order valence-electron chi connectivity index (χ1n) is 27.1. The number of rotatable bonds is 15. The molecule has 4 heterocycles. The molecule has 0 spiro atoms. The van der Waals surface area contributed by atoms with Gasteiger partial charge in [-0.2, -0.15) is 0 Å². The van der Waals surface area contributed by atoms with Crippen molar-refractivity contribution in [3.05, 3.63) is 72.1 Å². The van der Waals surface area contributed by atoms with Crippen molar-refractivity contribution in [3.8, 4) is 0 Å². The Kier molecular flexibility index (Phi) is 17.0. The van der Waals surface area contributed by atoms with Crippen molar-refractivity contribution in [2.45, 2.75) is 215 Å². The van der Waals surface area contributed by atoms with Gasteiger partial charge in [0, 0.05) is 52.6 Å². The number of benzene rings is 1. The largest absolute Gasteiger partial charge is 0.458 e. The fourth-order valence-corrected chi connectivity index (χ4v) is 14.8. The lowest BCUT2D eigenvalue weighted by atomic mass is 9.42. The van der Waals surface area contributed by atoms with E-state index in [1.807, 2.05) is 51.1 Å². The van der Waals surface area contributed by atoms with E-state index in [0.29, 0.717) is 25.7 Å². The summed E-state index contributed by atoms with van der Waals surface area (Å²) in [6.07, 6.45) is 0.354. The predicted octanol–water partition coefficient (Wildman–Crippen LogP) is 5.69. The minimum absolute atomic E-state index is 0.0549. The lowest BCUT2D eigenvalue weighted by molar-refractivity contribution is -0.352. The van der Waals surface area contributed by atoms with Gasteiger partial charge in [-0.3, -0.25) is 4.98 Å². The molecule has 7 fully saturated rings. The summed E-state index contributed by atoms with van der Waals surface area (Å²) in [5, 5.41) is 47.8. The Morgan fingerprint density at radius 3 is 2.07 bits per heavy atom. The summed E-state index contributed by atoms with van der Waals surface area (Å²) >= 11 is 0. The number of aliphatic hydroxyl groups excluding tert-OH is 2. The maximum atomic E-state index is 13.9. The number of pyridine rings is 1. The van der Waals surface area contributed by atoms with Crippen LogP contribution in [0.4, 0.5) is 0 Å². The van der Waals surface area contributed by atoms with E-state index in [4.69, 9.17) is 52.1 Å². The van der Waals surface area contributed by atoms with Gasteiger partial charge in [-0.25, -0.2) is 9.59 Å². The van der Waals surface area contributed by atoms with Gasteiger partial charge in [-0.1, -0.05) is 44.2 Å². The van der Waals surface area contributed by atoms with Crippen molar-refractivity contribution in [3.63, 3.8) is 0 Å². The zero-order chi connectivity index (χ0) is 53.6. The van der Waals surface area contributed by atoms with Gasteiger partial charge in [0.25, 0.3) is 0 Å². The lowest BCUT2D eigenvalue weighted by Crippen LogP contribution is -2.72. The number of carbonyl (C=O) groups is 2. The van der Waals surface area contributed by atoms with Crippen LogP contribution in [0.1, 0.15) is 122 Å². The molecule has 1 aromatic heterocycles. The van der Waals surface area contributed by atoms with Crippen LogP contribution in [0.3, 0.4) is 0 Å². The number of hydrogen-bond donors (Lipinski definition) is 4. The fraction of sp³-hybridized carbons (Fsp3) is 0.737. The minimum atomic E-state index is -1.74. The molecule has 9 rings (SSSR count). The van der Waals surface area contributed by atoms with Gasteiger partial charge in [0.2, 0.25) is 0 Å². The second kappa shape index (κ2) is 22.7. The Hall–Kier alpha value is -3.47. The van der Waals surface area contributed by atoms with E-state index in [-0.39, 0.29) is 53.8 Å². The highest BCUT2D eigenvalue weighted by Crippen LogP contribution is 2.71. The first-order chi connectivity index (χ1) is 35.8. The zero-order valence-electron chi connectivity index (χ0n) is 44.9. The van der Waals surface area contributed by atoms with E-state index in [9.17, 15) is 30.0 Å². The van der Waals surface area contributed by atoms with E-state index < -0.39 is 115 Å². The lowest BCUT2D eigenvalue weighted by Gasteiger charge is -2.66. The number of nitrogens with zero attached hydrogens (tertiary/aromatic N) is 1. The quantitative estimate of drug-likeness (QED) is 0.0954. The van der Waals surface area contributed by atoms with Crippen LogP contribution in [0, 0.1) is 28.6 Å². The Morgan fingerprint density at radius 1 is 0.733 bits per heavy atom. The average Bonchev–Trinajstić information content (AvgIpc) is 3.66. The Morgan fingerprint density at radius 2 is 1.41 bits per heavy atom. The summed E-state index contributed by atoms with van der Waals surface area (Å²) in [6, 6.07) is 12.7. The molecular formula is C57H81NO17. The molecule has 0 bridgehead atoms. The third kappa shape index (κ3) is 10.5. The number of fused-ring (bicyclic) bond motifs is 5. The maximum Gasteiger partial charge on any atom is 0.340 e. The van der Waals surface area contributed by atoms with Gasteiger partial charge >= 0.3 is 11.9 Å². The molecule has 0 unspecified atom stereocenters. The van der Waals surface area contributed by atoms with Gasteiger partial charge in [0.05, 0.1) is 53.2 Å². The molecule has 0 radical (unpaired) electrons. The van der Waals surface area contributed by atoms with Crippen molar-refractivity contribution in [1.82, 2.24) is 4.98 Å². The number of hydrogen-bond acceptors (Lipinski definition) is 18. The predicted molar refractivity (Wildman–Crippen MR) is 269 cm³/mol. The van der Waals surface area contributed by atoms with Crippen LogP contribution < -0.4 is 0 Å². The average molecular weight is 1050 g/mol. The summed E-state index contributed by atoms with van der Waals surface area (Å²) in [7, 11) is 4.66. The number of aliphatic hydroxyl groups is 4. The van der Waals surface area contributed by atoms with Gasteiger partial charge in [-0.05, 0) is 126 Å². The standard InChI is InChI=1S/C57H81NO17/c1-31-47(60)51(67-9)48(61)53(70-31)75-50-33(3)69-46(29-42(50)66-8)74-49-32(2)68-45(28-41(49)65-7)72-38-21-22-54(5)37(26-38)18-19-39-40(54)27-43(73-44(59)20-17-35-14-11-10-12-15-35)55(6)56(63,23-24-57(39,55)64)34(4)71-52(62)36-16-13-25-58-30-36/h10-17,20,25,30-34,37-43,45-51,53,60-61,63-64H,18-19,21-24,26-29H2,1-9H3/b20-17+/t31-,32-,33-,34+,37+,38+,39-,40+,41+,42-,43-,45+,46+,47-,48-,49-,50-,51+,53+,54+,55-,56-,57+/m1/s1. The third-order valence-electron chi connectivity index (χ3n) is 19.2. The Balaban J connectivity index is 0.855. The molecule has 23 atom stereocenters. The van der Waals surface area contributed by atoms with Crippen molar-refractivity contribution in [2.24, 2.45) is 28.6 Å². The van der Waals surface area contributed by atoms with Crippen LogP contribution in [-0.4, -0.2) is 168 Å². The van der Waals surface area contributed by atoms with E-state index in [1.54, 1.807) is 52.5 Å². The first-order valence-corrected chi connectivity index (χ1v) is 27.1. The van der Waals surface area contributed by atoms with Crippen molar-refractivity contribution in [2.75, 3.05) is 21.3 Å². The second-order valence-electron chi connectivity index (χ2n) is 22.9. The fourth-order valence-electron chi connectivity index (χ4n) is 14.8. The highest BCUT2D eigenvalue weighted by molar-refractivity contribution is 5.89. The molecule has 4 saturated carbocycles. The zero-order valence-corrected chi connectivity index (χ0v) is 44.9. The molecule has 4 N–H and O–H groups in total. The van der Waals surface area contributed by atoms with Crippen LogP contribution in [-0.2, 0) is 56.9 Å². The minimum Gasteiger partial charge on any atom is -0.458 e. The number of carbonyl (C=O) groups excluding carboxylic acids is 2. The SMILES string of the molecule is CO[C@@H]1[C@@H](O)[C@H](O[C@@H]2[C@@H](C)O[C@@H](O[C@H]3[C@@H](OC)C[C@H](O[C@H]4CC[C@@]5(C)[C@@H](CC[C@@H]6[C@@H]5C[C@@H](OC(=O)/C=C/c5ccccc5)[C@]5(C)[C@](O)([C@H](C)OC(=O)c7cccnc7)CC[C@]65O)C4)O[C@@H]3C)C[C@H]2OC)O[C@H](C)[C@H]1O. The van der Waals surface area contributed by atoms with Crippen LogP contribution in [0.15, 0.2) is 60.9 Å². The highest BCUT2D eigenvalue weighted by Gasteiger charge is 2.77. The van der Waals surface area contributed by atoms with Crippen LogP contribution in [0.2, 0.25) is 0 Å².